The van der Waals surface area contributed by atoms with E-state index in [1.807, 2.05) is 0 Å². The predicted octanol–water partition coefficient (Wildman–Crippen LogP) is 1.04. The van der Waals surface area contributed by atoms with Gasteiger partial charge in [-0.1, -0.05) is 0 Å². The molecule has 2 rings (SSSR count). The molecular weight excluding hydrogens is 204 g/mol. The van der Waals surface area contributed by atoms with Gasteiger partial charge in [-0.05, 0) is 17.7 Å². The van der Waals surface area contributed by atoms with Gasteiger partial charge < -0.3 is 5.11 Å². The van der Waals surface area contributed by atoms with Crippen LogP contribution in [-0.4, -0.2) is 19.9 Å². The number of hydrogen-bond donors (Lipinski definition) is 1. The van der Waals surface area contributed by atoms with E-state index >= 15 is 0 Å². The van der Waals surface area contributed by atoms with Crippen molar-refractivity contribution in [2.24, 2.45) is 0 Å². The molecule has 1 aromatic heterocycles. The number of nitrogens with zero attached hydrogens (tertiary/aromatic N) is 3. The van der Waals surface area contributed by atoms with Gasteiger partial charge in [0.1, 0.15) is 18.3 Å². The Balaban J connectivity index is 2.58. The summed E-state index contributed by atoms with van der Waals surface area (Å²) in [4.78, 5) is 3.59. The number of aromatic nitrogens is 3. The Morgan fingerprint density at radius 2 is 1.93 bits per heavy atom. The highest BCUT2D eigenvalue weighted by atomic mass is 19.1. The van der Waals surface area contributed by atoms with Gasteiger partial charge in [-0.2, -0.15) is 5.10 Å². The molecule has 4 nitrogen and oxygen atoms in total. The second-order valence-electron chi connectivity index (χ2n) is 2.91. The average molecular weight is 211 g/mol. The fourth-order valence-corrected chi connectivity index (χ4v) is 1.25. The van der Waals surface area contributed by atoms with E-state index in [4.69, 9.17) is 5.11 Å². The third-order valence-electron chi connectivity index (χ3n) is 1.91. The van der Waals surface area contributed by atoms with Crippen molar-refractivity contribution in [3.05, 3.63) is 42.0 Å². The minimum Gasteiger partial charge on any atom is -0.392 e. The molecule has 0 unspecified atom stereocenters. The maximum atomic E-state index is 13.4. The third kappa shape index (κ3) is 1.71. The Bertz CT molecular complexity index is 447. The second-order valence-corrected chi connectivity index (χ2v) is 2.91. The zero-order valence-electron chi connectivity index (χ0n) is 7.56. The van der Waals surface area contributed by atoms with Gasteiger partial charge in [0.25, 0.3) is 0 Å². The van der Waals surface area contributed by atoms with Crippen LogP contribution >= 0.6 is 0 Å². The lowest BCUT2D eigenvalue weighted by Gasteiger charge is -2.05. The second kappa shape index (κ2) is 3.74. The van der Waals surface area contributed by atoms with Crippen LogP contribution in [0.4, 0.5) is 8.78 Å². The first kappa shape index (κ1) is 9.72. The summed E-state index contributed by atoms with van der Waals surface area (Å²) >= 11 is 0. The van der Waals surface area contributed by atoms with E-state index in [2.05, 4.69) is 10.1 Å². The number of aliphatic hydroxyl groups excluding tert-OH is 1. The molecule has 15 heavy (non-hydrogen) atoms. The van der Waals surface area contributed by atoms with Crippen LogP contribution in [0, 0.1) is 11.6 Å². The first-order valence-corrected chi connectivity index (χ1v) is 4.16. The van der Waals surface area contributed by atoms with Crippen LogP contribution < -0.4 is 0 Å². The molecule has 0 spiro atoms. The zero-order chi connectivity index (χ0) is 10.8. The fraction of sp³-hybridized carbons (Fsp3) is 0.111. The highest BCUT2D eigenvalue weighted by Gasteiger charge is 2.13. The van der Waals surface area contributed by atoms with E-state index in [0.29, 0.717) is 0 Å². The summed E-state index contributed by atoms with van der Waals surface area (Å²) in [5.41, 5.74) is -0.126. The molecule has 1 N–H and O–H groups in total. The van der Waals surface area contributed by atoms with E-state index in [9.17, 15) is 8.78 Å². The van der Waals surface area contributed by atoms with Crippen molar-refractivity contribution in [2.75, 3.05) is 0 Å². The monoisotopic (exact) mass is 211 g/mol. The SMILES string of the molecule is OCc1cc(F)c(-n2cncn2)c(F)c1. The van der Waals surface area contributed by atoms with Crippen LogP contribution in [-0.2, 0) is 6.61 Å². The predicted molar refractivity (Wildman–Crippen MR) is 47.2 cm³/mol. The van der Waals surface area contributed by atoms with Gasteiger partial charge in [0, 0.05) is 0 Å². The lowest BCUT2D eigenvalue weighted by Crippen LogP contribution is -2.03. The van der Waals surface area contributed by atoms with Gasteiger partial charge in [-0.15, -0.1) is 0 Å². The number of hydrogen-bond acceptors (Lipinski definition) is 3. The smallest absolute Gasteiger partial charge is 0.152 e. The van der Waals surface area contributed by atoms with Crippen LogP contribution in [0.3, 0.4) is 0 Å². The molecule has 0 fully saturated rings. The van der Waals surface area contributed by atoms with Crippen molar-refractivity contribution in [1.29, 1.82) is 0 Å². The average Bonchev–Trinajstić information content (AvgIpc) is 2.69. The van der Waals surface area contributed by atoms with E-state index < -0.39 is 18.2 Å². The Morgan fingerprint density at radius 1 is 1.27 bits per heavy atom. The van der Waals surface area contributed by atoms with Crippen molar-refractivity contribution in [2.45, 2.75) is 6.61 Å². The minimum atomic E-state index is -0.787. The molecule has 1 aromatic carbocycles. The Hall–Kier alpha value is -1.82. The summed E-state index contributed by atoms with van der Waals surface area (Å²) in [5, 5.41) is 12.4. The van der Waals surface area contributed by atoms with Crippen LogP contribution in [0.25, 0.3) is 5.69 Å². The molecule has 0 amide bonds. The fourth-order valence-electron chi connectivity index (χ4n) is 1.25. The number of halogens is 2. The van der Waals surface area contributed by atoms with Gasteiger partial charge in [0.15, 0.2) is 11.6 Å². The summed E-state index contributed by atoms with van der Waals surface area (Å²) < 4.78 is 27.8. The maximum Gasteiger partial charge on any atom is 0.152 e. The molecule has 2 aromatic rings. The summed E-state index contributed by atoms with van der Waals surface area (Å²) in [6.45, 7) is -0.411. The van der Waals surface area contributed by atoms with Gasteiger partial charge >= 0.3 is 0 Å². The van der Waals surface area contributed by atoms with Gasteiger partial charge in [0.05, 0.1) is 6.61 Å². The molecular formula is C9H7F2N3O. The van der Waals surface area contributed by atoms with Gasteiger partial charge in [-0.25, -0.2) is 18.4 Å². The number of benzene rings is 1. The van der Waals surface area contributed by atoms with E-state index in [1.54, 1.807) is 0 Å². The molecule has 6 heteroatoms. The van der Waals surface area contributed by atoms with Crippen molar-refractivity contribution in [1.82, 2.24) is 14.8 Å². The lowest BCUT2D eigenvalue weighted by atomic mass is 10.2. The molecule has 0 aliphatic carbocycles. The molecule has 78 valence electrons. The lowest BCUT2D eigenvalue weighted by molar-refractivity contribution is 0.280. The highest BCUT2D eigenvalue weighted by Crippen LogP contribution is 2.18. The standard InChI is InChI=1S/C9H7F2N3O/c10-7-1-6(3-15)2-8(11)9(7)14-5-12-4-13-14/h1-2,4-5,15H,3H2. The molecule has 0 saturated heterocycles. The normalized spacial score (nSPS) is 10.6. The number of aliphatic hydroxyl groups is 1. The molecule has 0 aliphatic rings. The Labute approximate surface area is 83.8 Å². The van der Waals surface area contributed by atoms with Crippen LogP contribution in [0.1, 0.15) is 5.56 Å². The van der Waals surface area contributed by atoms with Crippen molar-refractivity contribution < 1.29 is 13.9 Å². The van der Waals surface area contributed by atoms with Crippen LogP contribution in [0.5, 0.6) is 0 Å². The largest absolute Gasteiger partial charge is 0.392 e. The van der Waals surface area contributed by atoms with E-state index in [-0.39, 0.29) is 11.3 Å². The van der Waals surface area contributed by atoms with Gasteiger partial charge in [-0.3, -0.25) is 0 Å². The molecule has 0 atom stereocenters. The van der Waals surface area contributed by atoms with Crippen molar-refractivity contribution >= 4 is 0 Å². The summed E-state index contributed by atoms with van der Waals surface area (Å²) in [6.07, 6.45) is 2.37. The molecule has 1 heterocycles. The molecule has 0 bridgehead atoms. The summed E-state index contributed by atoms with van der Waals surface area (Å²) in [5.74, 6) is -1.57. The Morgan fingerprint density at radius 3 is 2.40 bits per heavy atom. The summed E-state index contributed by atoms with van der Waals surface area (Å²) in [6, 6.07) is 2.11. The minimum absolute atomic E-state index is 0.175. The maximum absolute atomic E-state index is 13.4. The van der Waals surface area contributed by atoms with Crippen molar-refractivity contribution in [3.63, 3.8) is 0 Å². The number of rotatable bonds is 2. The highest BCUT2D eigenvalue weighted by molar-refractivity contribution is 5.36. The molecule has 0 saturated carbocycles. The Kier molecular flexibility index (Phi) is 2.42. The molecule has 0 radical (unpaired) electrons. The van der Waals surface area contributed by atoms with E-state index in [1.165, 1.54) is 12.7 Å². The quantitative estimate of drug-likeness (QED) is 0.807. The van der Waals surface area contributed by atoms with Crippen LogP contribution in [0.15, 0.2) is 24.8 Å². The first-order valence-electron chi connectivity index (χ1n) is 4.16. The van der Waals surface area contributed by atoms with E-state index in [0.717, 1.165) is 16.8 Å². The topological polar surface area (TPSA) is 50.9 Å². The zero-order valence-corrected chi connectivity index (χ0v) is 7.56. The third-order valence-corrected chi connectivity index (χ3v) is 1.91. The first-order chi connectivity index (χ1) is 7.22. The van der Waals surface area contributed by atoms with Crippen LogP contribution in [0.2, 0.25) is 0 Å². The van der Waals surface area contributed by atoms with Crippen molar-refractivity contribution in [3.8, 4) is 5.69 Å². The summed E-state index contributed by atoms with van der Waals surface area (Å²) in [7, 11) is 0. The molecule has 0 aliphatic heterocycles. The van der Waals surface area contributed by atoms with Gasteiger partial charge in [0.2, 0.25) is 0 Å².